The normalized spacial score (nSPS) is 15.0. The Labute approximate surface area is 226 Å². The van der Waals surface area contributed by atoms with Crippen LogP contribution in [0.3, 0.4) is 0 Å². The van der Waals surface area contributed by atoms with Crippen LogP contribution in [-0.4, -0.2) is 55.4 Å². The van der Waals surface area contributed by atoms with Crippen LogP contribution < -0.4 is 19.8 Å². The molecule has 1 N–H and O–H groups in total. The number of aliphatic hydroxyl groups is 1. The summed E-state index contributed by atoms with van der Waals surface area (Å²) in [6.45, 7) is 8.08. The van der Waals surface area contributed by atoms with Gasteiger partial charge in [0.05, 0.1) is 5.39 Å². The minimum Gasteiger partial charge on any atom is -0.491 e. The third-order valence-corrected chi connectivity index (χ3v) is 7.20. The second-order valence-corrected chi connectivity index (χ2v) is 10.0. The highest BCUT2D eigenvalue weighted by Gasteiger charge is 2.21. The van der Waals surface area contributed by atoms with Crippen LogP contribution in [0.4, 0.5) is 5.69 Å². The predicted octanol–water partition coefficient (Wildman–Crippen LogP) is 5.42. The predicted molar refractivity (Wildman–Crippen MR) is 150 cm³/mol. The van der Waals surface area contributed by atoms with Gasteiger partial charge >= 0.3 is 0 Å². The van der Waals surface area contributed by atoms with Crippen LogP contribution in [-0.2, 0) is 0 Å². The molecule has 0 spiro atoms. The number of anilines is 1. The van der Waals surface area contributed by atoms with Gasteiger partial charge in [0.2, 0.25) is 11.2 Å². The van der Waals surface area contributed by atoms with Crippen LogP contribution in [0.25, 0.3) is 11.0 Å². The average Bonchev–Trinajstić information content (AvgIpc) is 2.91. The summed E-state index contributed by atoms with van der Waals surface area (Å²) in [5.41, 5.74) is 3.43. The lowest BCUT2D eigenvalue weighted by Crippen LogP contribution is -2.49. The summed E-state index contributed by atoms with van der Waals surface area (Å²) in [7, 11) is 0. The molecule has 7 nitrogen and oxygen atoms in total. The lowest BCUT2D eigenvalue weighted by atomic mass is 10.1. The fourth-order valence-corrected chi connectivity index (χ4v) is 4.88. The SMILES string of the molecule is Cc1cccc(Oc2coc3cc(OC[C@@H](O)CN4CCN(c5cccc(Cl)c5C)CC4)ccc3c2=O)c1. The van der Waals surface area contributed by atoms with Crippen molar-refractivity contribution in [3.05, 3.63) is 93.3 Å². The van der Waals surface area contributed by atoms with E-state index in [0.29, 0.717) is 29.0 Å². The third-order valence-electron chi connectivity index (χ3n) is 6.80. The standard InChI is InChI=1S/C30H31ClN2O5/c1-20-5-3-6-24(15-20)38-29-19-37-28-16-23(9-10-25(28)30(29)35)36-18-22(34)17-32-11-13-33(14-12-32)27-8-4-7-26(31)21(27)2/h3-10,15-16,19,22,34H,11-14,17-18H2,1-2H3/t22-/m0/s1. The number of hydrogen-bond donors (Lipinski definition) is 1. The number of β-amino-alcohol motifs (C(OH)–C–C–N with tert-alkyl or cyclic N) is 1. The molecule has 1 atom stereocenters. The van der Waals surface area contributed by atoms with E-state index in [1.54, 1.807) is 24.3 Å². The zero-order valence-electron chi connectivity index (χ0n) is 21.5. The van der Waals surface area contributed by atoms with E-state index in [0.717, 1.165) is 48.0 Å². The van der Waals surface area contributed by atoms with E-state index in [-0.39, 0.29) is 17.8 Å². The summed E-state index contributed by atoms with van der Waals surface area (Å²) in [5, 5.41) is 11.8. The molecule has 0 saturated carbocycles. The molecule has 38 heavy (non-hydrogen) atoms. The van der Waals surface area contributed by atoms with Gasteiger partial charge in [-0.05, 0) is 61.4 Å². The Hall–Kier alpha value is -3.52. The molecule has 5 rings (SSSR count). The molecule has 4 aromatic rings. The fraction of sp³-hybridized carbons (Fsp3) is 0.300. The molecule has 1 aromatic heterocycles. The highest BCUT2D eigenvalue weighted by molar-refractivity contribution is 6.31. The number of hydrogen-bond acceptors (Lipinski definition) is 7. The maximum atomic E-state index is 12.9. The van der Waals surface area contributed by atoms with Crippen LogP contribution in [0.15, 0.2) is 76.1 Å². The fourth-order valence-electron chi connectivity index (χ4n) is 4.71. The molecule has 1 aliphatic rings. The Bertz CT molecular complexity index is 1480. The molecular formula is C30H31ClN2O5. The van der Waals surface area contributed by atoms with E-state index >= 15 is 0 Å². The number of halogens is 1. The van der Waals surface area contributed by atoms with E-state index in [9.17, 15) is 9.90 Å². The molecular weight excluding hydrogens is 504 g/mol. The lowest BCUT2D eigenvalue weighted by molar-refractivity contribution is 0.0663. The first-order valence-corrected chi connectivity index (χ1v) is 13.1. The molecule has 1 aliphatic heterocycles. The summed E-state index contributed by atoms with van der Waals surface area (Å²) < 4.78 is 17.2. The first-order valence-electron chi connectivity index (χ1n) is 12.7. The molecule has 8 heteroatoms. The number of nitrogens with zero attached hydrogens (tertiary/aromatic N) is 2. The molecule has 0 aliphatic carbocycles. The van der Waals surface area contributed by atoms with Crippen molar-refractivity contribution in [2.75, 3.05) is 44.2 Å². The molecule has 0 amide bonds. The number of piperazine rings is 1. The van der Waals surface area contributed by atoms with Crippen molar-refractivity contribution in [2.45, 2.75) is 20.0 Å². The van der Waals surface area contributed by atoms with Gasteiger partial charge in [-0.2, -0.15) is 0 Å². The summed E-state index contributed by atoms with van der Waals surface area (Å²) >= 11 is 6.29. The number of aryl methyl sites for hydroxylation is 1. The minimum atomic E-state index is -0.651. The molecule has 0 radical (unpaired) electrons. The smallest absolute Gasteiger partial charge is 0.235 e. The van der Waals surface area contributed by atoms with Crippen LogP contribution >= 0.6 is 11.6 Å². The maximum absolute atomic E-state index is 12.9. The highest BCUT2D eigenvalue weighted by atomic mass is 35.5. The zero-order chi connectivity index (χ0) is 26.6. The highest BCUT2D eigenvalue weighted by Crippen LogP contribution is 2.28. The van der Waals surface area contributed by atoms with Gasteiger partial charge in [0.1, 0.15) is 36.1 Å². The minimum absolute atomic E-state index is 0.123. The molecule has 1 fully saturated rings. The quantitative estimate of drug-likeness (QED) is 0.323. The van der Waals surface area contributed by atoms with Crippen LogP contribution in [0.1, 0.15) is 11.1 Å². The van der Waals surface area contributed by atoms with Crippen LogP contribution in [0, 0.1) is 13.8 Å². The van der Waals surface area contributed by atoms with Crippen molar-refractivity contribution < 1.29 is 19.0 Å². The molecule has 2 heterocycles. The van der Waals surface area contributed by atoms with Crippen molar-refractivity contribution in [1.29, 1.82) is 0 Å². The largest absolute Gasteiger partial charge is 0.491 e. The molecule has 0 bridgehead atoms. The van der Waals surface area contributed by atoms with E-state index in [4.69, 9.17) is 25.5 Å². The van der Waals surface area contributed by atoms with Gasteiger partial charge in [-0.3, -0.25) is 9.69 Å². The summed E-state index contributed by atoms with van der Waals surface area (Å²) in [4.78, 5) is 17.5. The first kappa shape index (κ1) is 26.1. The number of ether oxygens (including phenoxy) is 2. The van der Waals surface area contributed by atoms with Gasteiger partial charge in [0.25, 0.3) is 0 Å². The Balaban J connectivity index is 1.14. The Morgan fingerprint density at radius 1 is 1.00 bits per heavy atom. The molecule has 3 aromatic carbocycles. The van der Waals surface area contributed by atoms with Crippen molar-refractivity contribution in [3.63, 3.8) is 0 Å². The van der Waals surface area contributed by atoms with Gasteiger partial charge in [-0.25, -0.2) is 0 Å². The Kier molecular flexibility index (Phi) is 7.88. The summed E-state index contributed by atoms with van der Waals surface area (Å²) in [5.74, 6) is 1.22. The van der Waals surface area contributed by atoms with Gasteiger partial charge in [0, 0.05) is 49.5 Å². The summed E-state index contributed by atoms with van der Waals surface area (Å²) in [6, 6.07) is 18.5. The van der Waals surface area contributed by atoms with E-state index in [1.165, 1.54) is 6.26 Å². The van der Waals surface area contributed by atoms with E-state index in [1.807, 2.05) is 44.2 Å². The second-order valence-electron chi connectivity index (χ2n) is 9.64. The van der Waals surface area contributed by atoms with E-state index in [2.05, 4.69) is 15.9 Å². The lowest BCUT2D eigenvalue weighted by Gasteiger charge is -2.37. The number of benzene rings is 3. The van der Waals surface area contributed by atoms with Crippen molar-refractivity contribution >= 4 is 28.3 Å². The van der Waals surface area contributed by atoms with E-state index < -0.39 is 6.10 Å². The third kappa shape index (κ3) is 5.96. The number of fused-ring (bicyclic) bond motifs is 1. The maximum Gasteiger partial charge on any atom is 0.235 e. The van der Waals surface area contributed by atoms with Gasteiger partial charge in [0.15, 0.2) is 0 Å². The van der Waals surface area contributed by atoms with Gasteiger partial charge < -0.3 is 23.9 Å². The topological polar surface area (TPSA) is 75.4 Å². The molecule has 198 valence electrons. The van der Waals surface area contributed by atoms with Gasteiger partial charge in [-0.15, -0.1) is 0 Å². The van der Waals surface area contributed by atoms with Crippen molar-refractivity contribution in [3.8, 4) is 17.2 Å². The van der Waals surface area contributed by atoms with Crippen molar-refractivity contribution in [1.82, 2.24) is 4.90 Å². The molecule has 0 unspecified atom stereocenters. The van der Waals surface area contributed by atoms with Gasteiger partial charge in [-0.1, -0.05) is 29.8 Å². The monoisotopic (exact) mass is 534 g/mol. The van der Waals surface area contributed by atoms with Crippen LogP contribution in [0.5, 0.6) is 17.2 Å². The number of rotatable bonds is 8. The zero-order valence-corrected chi connectivity index (χ0v) is 22.3. The van der Waals surface area contributed by atoms with Crippen molar-refractivity contribution in [2.24, 2.45) is 0 Å². The average molecular weight is 535 g/mol. The molecule has 1 saturated heterocycles. The second kappa shape index (κ2) is 11.5. The van der Waals surface area contributed by atoms with Crippen LogP contribution in [0.2, 0.25) is 5.02 Å². The Morgan fingerprint density at radius 2 is 1.79 bits per heavy atom. The first-order chi connectivity index (χ1) is 18.4. The number of aliphatic hydroxyl groups excluding tert-OH is 1. The Morgan fingerprint density at radius 3 is 2.58 bits per heavy atom. The summed E-state index contributed by atoms with van der Waals surface area (Å²) in [6.07, 6.45) is 0.665.